The molecule has 0 aliphatic rings. The Morgan fingerprint density at radius 1 is 1.40 bits per heavy atom. The van der Waals surface area contributed by atoms with Gasteiger partial charge in [-0.1, -0.05) is 0 Å². The molecule has 0 aliphatic heterocycles. The van der Waals surface area contributed by atoms with Gasteiger partial charge in [0, 0.05) is 15.7 Å². The third kappa shape index (κ3) is 3.69. The Bertz CT molecular complexity index is 91.7. The van der Waals surface area contributed by atoms with Crippen LogP contribution in [-0.2, 0) is 0 Å². The van der Waals surface area contributed by atoms with Crippen LogP contribution in [0.4, 0.5) is 0 Å². The number of rotatable bonds is 4. The first kappa shape index (κ1) is 11.4. The molecule has 2 unspecified atom stereocenters. The van der Waals surface area contributed by atoms with Crippen molar-refractivity contribution in [3.8, 4) is 0 Å². The molecule has 2 atom stereocenters. The van der Waals surface area contributed by atoms with E-state index in [-0.39, 0.29) is 10.00 Å². The van der Waals surface area contributed by atoms with Gasteiger partial charge in [-0.3, -0.25) is 0 Å². The molecular weight excluding hydrogens is 200 g/mol. The minimum atomic E-state index is -0.0745. The zero-order valence-electron chi connectivity index (χ0n) is 5.99. The molecule has 4 heteroatoms. The molecule has 62 valence electrons. The van der Waals surface area contributed by atoms with Gasteiger partial charge in [-0.05, 0) is 19.1 Å². The maximum absolute atomic E-state index is 4.43. The average Bonchev–Trinajstić information content (AvgIpc) is 1.89. The lowest BCUT2D eigenvalue weighted by Gasteiger charge is -2.27. The Kier molecular flexibility index (Phi) is 5.83. The van der Waals surface area contributed by atoms with Crippen LogP contribution >= 0.6 is 50.5 Å². The summed E-state index contributed by atoms with van der Waals surface area (Å²) in [5.41, 5.74) is 0. The van der Waals surface area contributed by atoms with Crippen molar-refractivity contribution >= 4 is 50.5 Å². The summed E-state index contributed by atoms with van der Waals surface area (Å²) in [6.45, 7) is 2.05. The van der Waals surface area contributed by atoms with Crippen molar-refractivity contribution in [1.29, 1.82) is 0 Å². The summed E-state index contributed by atoms with van der Waals surface area (Å²) in [6.07, 6.45) is 0.979. The van der Waals surface area contributed by atoms with Crippen molar-refractivity contribution < 1.29 is 0 Å². The first-order chi connectivity index (χ1) is 4.54. The maximum Gasteiger partial charge on any atom is 0.0305 e. The molecule has 0 saturated heterocycles. The zero-order chi connectivity index (χ0) is 8.20. The van der Waals surface area contributed by atoms with E-state index in [1.54, 1.807) is 0 Å². The lowest BCUT2D eigenvalue weighted by molar-refractivity contribution is 0.668. The molecule has 0 N–H and O–H groups in total. The van der Waals surface area contributed by atoms with Gasteiger partial charge < -0.3 is 0 Å². The quantitative estimate of drug-likeness (QED) is 0.507. The number of hydrogen-bond acceptors (Lipinski definition) is 4. The minimum Gasteiger partial charge on any atom is -0.179 e. The predicted octanol–water partition coefficient (Wildman–Crippen LogP) is 2.22. The molecule has 0 saturated carbocycles. The standard InChI is InChI=1S/C6H14S4/c1-6(10,4-8)5(9)2-3-7/h5,7-10H,2-4H2,1H3. The Morgan fingerprint density at radius 3 is 2.20 bits per heavy atom. The molecule has 0 aromatic heterocycles. The lowest BCUT2D eigenvalue weighted by atomic mass is 10.1. The summed E-state index contributed by atoms with van der Waals surface area (Å²) in [4.78, 5) is 0. The smallest absolute Gasteiger partial charge is 0.0305 e. The summed E-state index contributed by atoms with van der Waals surface area (Å²) in [5, 5.41) is 0.283. The van der Waals surface area contributed by atoms with Crippen LogP contribution < -0.4 is 0 Å². The molecule has 0 aromatic rings. The summed E-state index contributed by atoms with van der Waals surface area (Å²) < 4.78 is -0.0745. The molecule has 0 spiro atoms. The van der Waals surface area contributed by atoms with E-state index in [0.29, 0.717) is 0 Å². The predicted molar refractivity (Wildman–Crippen MR) is 62.5 cm³/mol. The largest absolute Gasteiger partial charge is 0.179 e. The Balaban J connectivity index is 3.78. The molecule has 0 rings (SSSR count). The van der Waals surface area contributed by atoms with Gasteiger partial charge in [-0.15, -0.1) is 0 Å². The second kappa shape index (κ2) is 5.12. The molecule has 0 heterocycles. The van der Waals surface area contributed by atoms with Gasteiger partial charge in [0.25, 0.3) is 0 Å². The van der Waals surface area contributed by atoms with Gasteiger partial charge in [0.15, 0.2) is 0 Å². The first-order valence-corrected chi connectivity index (χ1v) is 5.39. The number of hydrogen-bond donors (Lipinski definition) is 4. The highest BCUT2D eigenvalue weighted by Gasteiger charge is 2.25. The SMILES string of the molecule is CC(S)(CS)C(S)CCS. The van der Waals surface area contributed by atoms with Crippen LogP contribution in [-0.4, -0.2) is 21.5 Å². The molecular formula is C6H14S4. The fourth-order valence-corrected chi connectivity index (χ4v) is 1.71. The van der Waals surface area contributed by atoms with Gasteiger partial charge in [0.1, 0.15) is 0 Å². The summed E-state index contributed by atoms with van der Waals surface area (Å²) >= 11 is 17.1. The van der Waals surface area contributed by atoms with Gasteiger partial charge in [-0.25, -0.2) is 0 Å². The number of thiol groups is 4. The Labute approximate surface area is 85.2 Å². The second-order valence-electron chi connectivity index (χ2n) is 2.54. The second-order valence-corrected chi connectivity index (χ2v) is 4.95. The third-order valence-corrected chi connectivity index (χ3v) is 4.11. The topological polar surface area (TPSA) is 0 Å². The van der Waals surface area contributed by atoms with E-state index in [1.807, 2.05) is 6.92 Å². The van der Waals surface area contributed by atoms with Crippen molar-refractivity contribution in [3.63, 3.8) is 0 Å². The minimum absolute atomic E-state index is 0.0745. The monoisotopic (exact) mass is 214 g/mol. The first-order valence-electron chi connectivity index (χ1n) is 3.16. The van der Waals surface area contributed by atoms with Gasteiger partial charge in [0.2, 0.25) is 0 Å². The highest BCUT2D eigenvalue weighted by atomic mass is 32.1. The van der Waals surface area contributed by atoms with Crippen LogP contribution in [0.2, 0.25) is 0 Å². The van der Waals surface area contributed by atoms with Crippen LogP contribution in [0.1, 0.15) is 13.3 Å². The molecule has 0 amide bonds. The average molecular weight is 214 g/mol. The van der Waals surface area contributed by atoms with Gasteiger partial charge in [-0.2, -0.15) is 50.5 Å². The Morgan fingerprint density at radius 2 is 1.90 bits per heavy atom. The lowest BCUT2D eigenvalue weighted by Crippen LogP contribution is -2.31. The maximum atomic E-state index is 4.43. The van der Waals surface area contributed by atoms with E-state index in [0.717, 1.165) is 17.9 Å². The molecule has 0 radical (unpaired) electrons. The van der Waals surface area contributed by atoms with E-state index in [2.05, 4.69) is 50.5 Å². The molecule has 10 heavy (non-hydrogen) atoms. The fraction of sp³-hybridized carbons (Fsp3) is 1.00. The highest BCUT2D eigenvalue weighted by Crippen LogP contribution is 2.26. The summed E-state index contributed by atoms with van der Waals surface area (Å²) in [6, 6.07) is 0. The van der Waals surface area contributed by atoms with E-state index in [9.17, 15) is 0 Å². The fourth-order valence-electron chi connectivity index (χ4n) is 0.539. The van der Waals surface area contributed by atoms with Crippen molar-refractivity contribution in [2.45, 2.75) is 23.3 Å². The van der Waals surface area contributed by atoms with Crippen LogP contribution in [0, 0.1) is 0 Å². The van der Waals surface area contributed by atoms with Crippen LogP contribution in [0.3, 0.4) is 0 Å². The summed E-state index contributed by atoms with van der Waals surface area (Å²) in [5.74, 6) is 1.61. The Hall–Kier alpha value is 1.40. The zero-order valence-corrected chi connectivity index (χ0v) is 9.57. The van der Waals surface area contributed by atoms with Crippen molar-refractivity contribution in [2.75, 3.05) is 11.5 Å². The van der Waals surface area contributed by atoms with Crippen molar-refractivity contribution in [1.82, 2.24) is 0 Å². The molecule has 0 aliphatic carbocycles. The molecule has 0 bridgehead atoms. The van der Waals surface area contributed by atoms with Crippen molar-refractivity contribution in [3.05, 3.63) is 0 Å². The third-order valence-electron chi connectivity index (χ3n) is 1.44. The van der Waals surface area contributed by atoms with Gasteiger partial charge in [0.05, 0.1) is 0 Å². The van der Waals surface area contributed by atoms with Crippen LogP contribution in [0.5, 0.6) is 0 Å². The summed E-state index contributed by atoms with van der Waals surface area (Å²) in [7, 11) is 0. The van der Waals surface area contributed by atoms with Crippen LogP contribution in [0.15, 0.2) is 0 Å². The molecule has 0 nitrogen and oxygen atoms in total. The normalized spacial score (nSPS) is 20.1. The molecule has 0 aromatic carbocycles. The van der Waals surface area contributed by atoms with E-state index < -0.39 is 0 Å². The van der Waals surface area contributed by atoms with Gasteiger partial charge >= 0.3 is 0 Å². The molecule has 0 fully saturated rings. The van der Waals surface area contributed by atoms with E-state index in [1.165, 1.54) is 0 Å². The van der Waals surface area contributed by atoms with E-state index in [4.69, 9.17) is 0 Å². The van der Waals surface area contributed by atoms with E-state index >= 15 is 0 Å². The van der Waals surface area contributed by atoms with Crippen LogP contribution in [0.25, 0.3) is 0 Å². The van der Waals surface area contributed by atoms with Crippen molar-refractivity contribution in [2.24, 2.45) is 0 Å². The highest BCUT2D eigenvalue weighted by molar-refractivity contribution is 7.87.